The fourth-order valence-electron chi connectivity index (χ4n) is 3.27. The van der Waals surface area contributed by atoms with Gasteiger partial charge >= 0.3 is 11.9 Å². The maximum Gasteiger partial charge on any atom is 0.319 e. The molecule has 0 bridgehead atoms. The first kappa shape index (κ1) is 20.6. The van der Waals surface area contributed by atoms with Crippen LogP contribution in [0.3, 0.4) is 0 Å². The van der Waals surface area contributed by atoms with Crippen LogP contribution in [0.15, 0.2) is 36.8 Å². The monoisotopic (exact) mass is 430 g/mol. The van der Waals surface area contributed by atoms with Crippen molar-refractivity contribution in [3.05, 3.63) is 42.6 Å². The van der Waals surface area contributed by atoms with Crippen molar-refractivity contribution < 1.29 is 23.0 Å². The van der Waals surface area contributed by atoms with Crippen molar-refractivity contribution in [1.82, 2.24) is 24.9 Å². The SMILES string of the molecule is COc1ncc(-c2cc(N3C[C@H](Oc4ccncc4)C(F)(F)C3)nc(C)n2)c(OC)n1. The minimum atomic E-state index is -3.07. The van der Waals surface area contributed by atoms with E-state index >= 15 is 0 Å². The zero-order valence-electron chi connectivity index (χ0n) is 17.1. The summed E-state index contributed by atoms with van der Waals surface area (Å²) in [6, 6.07) is 4.83. The van der Waals surface area contributed by atoms with E-state index in [4.69, 9.17) is 14.2 Å². The molecule has 1 aliphatic heterocycles. The third kappa shape index (κ3) is 4.30. The van der Waals surface area contributed by atoms with Gasteiger partial charge in [0.25, 0.3) is 0 Å². The Morgan fingerprint density at radius 2 is 1.87 bits per heavy atom. The Hall–Kier alpha value is -3.63. The summed E-state index contributed by atoms with van der Waals surface area (Å²) in [5.74, 6) is -1.72. The molecule has 1 fully saturated rings. The summed E-state index contributed by atoms with van der Waals surface area (Å²) in [7, 11) is 2.90. The van der Waals surface area contributed by atoms with E-state index in [0.29, 0.717) is 28.6 Å². The highest BCUT2D eigenvalue weighted by molar-refractivity contribution is 5.67. The second-order valence-electron chi connectivity index (χ2n) is 6.87. The maximum absolute atomic E-state index is 14.7. The van der Waals surface area contributed by atoms with E-state index < -0.39 is 18.6 Å². The van der Waals surface area contributed by atoms with Gasteiger partial charge in [-0.2, -0.15) is 4.98 Å². The van der Waals surface area contributed by atoms with Crippen molar-refractivity contribution in [1.29, 1.82) is 0 Å². The number of methoxy groups -OCH3 is 2. The zero-order chi connectivity index (χ0) is 22.0. The Balaban J connectivity index is 1.63. The molecular formula is C20H20F2N6O3. The molecule has 0 unspecified atom stereocenters. The summed E-state index contributed by atoms with van der Waals surface area (Å²) in [5, 5.41) is 0. The van der Waals surface area contributed by atoms with Gasteiger partial charge in [0.1, 0.15) is 17.4 Å². The molecule has 11 heteroatoms. The van der Waals surface area contributed by atoms with Crippen molar-refractivity contribution in [3.8, 4) is 28.9 Å². The summed E-state index contributed by atoms with van der Waals surface area (Å²) < 4.78 is 45.2. The Morgan fingerprint density at radius 3 is 2.58 bits per heavy atom. The van der Waals surface area contributed by atoms with Crippen molar-refractivity contribution in [2.45, 2.75) is 19.0 Å². The van der Waals surface area contributed by atoms with Gasteiger partial charge in [0.15, 0.2) is 6.10 Å². The van der Waals surface area contributed by atoms with E-state index in [1.165, 1.54) is 37.7 Å². The van der Waals surface area contributed by atoms with Gasteiger partial charge in [-0.1, -0.05) is 0 Å². The van der Waals surface area contributed by atoms with Crippen LogP contribution in [0.2, 0.25) is 0 Å². The molecule has 31 heavy (non-hydrogen) atoms. The maximum atomic E-state index is 14.7. The van der Waals surface area contributed by atoms with E-state index in [2.05, 4.69) is 24.9 Å². The first-order chi connectivity index (χ1) is 14.9. The molecule has 0 aromatic carbocycles. The molecule has 3 aromatic rings. The van der Waals surface area contributed by atoms with Gasteiger partial charge in [0.2, 0.25) is 5.88 Å². The van der Waals surface area contributed by atoms with Crippen molar-refractivity contribution in [3.63, 3.8) is 0 Å². The molecule has 0 amide bonds. The van der Waals surface area contributed by atoms with Gasteiger partial charge in [-0.05, 0) is 19.1 Å². The highest BCUT2D eigenvalue weighted by Gasteiger charge is 2.50. The molecule has 0 saturated carbocycles. The first-order valence-corrected chi connectivity index (χ1v) is 9.40. The van der Waals surface area contributed by atoms with Gasteiger partial charge in [0, 0.05) is 24.7 Å². The fraction of sp³-hybridized carbons (Fsp3) is 0.350. The summed E-state index contributed by atoms with van der Waals surface area (Å²) in [6.07, 6.45) is 3.16. The number of anilines is 1. The number of alkyl halides is 2. The van der Waals surface area contributed by atoms with Gasteiger partial charge in [-0.15, -0.1) is 0 Å². The lowest BCUT2D eigenvalue weighted by Gasteiger charge is -2.18. The van der Waals surface area contributed by atoms with Gasteiger partial charge in [0.05, 0.1) is 38.6 Å². The Labute approximate surface area is 177 Å². The first-order valence-electron chi connectivity index (χ1n) is 9.40. The molecule has 162 valence electrons. The molecule has 4 heterocycles. The number of hydrogen-bond acceptors (Lipinski definition) is 9. The molecule has 4 rings (SSSR count). The third-order valence-corrected chi connectivity index (χ3v) is 4.72. The number of aryl methyl sites for hydroxylation is 1. The molecule has 1 saturated heterocycles. The van der Waals surface area contributed by atoms with Crippen molar-refractivity contribution in [2.75, 3.05) is 32.2 Å². The number of hydrogen-bond donors (Lipinski definition) is 0. The second kappa shape index (κ2) is 8.25. The fourth-order valence-corrected chi connectivity index (χ4v) is 3.27. The number of nitrogens with zero attached hydrogens (tertiary/aromatic N) is 6. The number of ether oxygens (including phenoxy) is 3. The zero-order valence-corrected chi connectivity index (χ0v) is 17.1. The molecule has 1 aliphatic rings. The number of pyridine rings is 1. The quantitative estimate of drug-likeness (QED) is 0.585. The van der Waals surface area contributed by atoms with Gasteiger partial charge in [-0.3, -0.25) is 4.98 Å². The minimum Gasteiger partial charge on any atom is -0.482 e. The molecule has 0 N–H and O–H groups in total. The molecule has 1 atom stereocenters. The largest absolute Gasteiger partial charge is 0.482 e. The Morgan fingerprint density at radius 1 is 1.10 bits per heavy atom. The lowest BCUT2D eigenvalue weighted by Crippen LogP contribution is -2.36. The van der Waals surface area contributed by atoms with Crippen LogP contribution in [-0.4, -0.2) is 64.3 Å². The van der Waals surface area contributed by atoms with E-state index in [1.807, 2.05) is 0 Å². The van der Waals surface area contributed by atoms with Crippen LogP contribution >= 0.6 is 0 Å². The second-order valence-corrected chi connectivity index (χ2v) is 6.87. The number of rotatable bonds is 6. The normalized spacial score (nSPS) is 17.5. The van der Waals surface area contributed by atoms with E-state index in [9.17, 15) is 8.78 Å². The molecule has 9 nitrogen and oxygen atoms in total. The van der Waals surface area contributed by atoms with Crippen LogP contribution in [0.25, 0.3) is 11.3 Å². The standard InChI is InChI=1S/C20H20F2N6O3/c1-12-25-15(14-9-24-19(30-3)27-18(14)29-2)8-17(26-12)28-10-16(20(21,22)11-28)31-13-4-6-23-7-5-13/h4-9,16H,10-11H2,1-3H3/t16-/m0/s1. The summed E-state index contributed by atoms with van der Waals surface area (Å²) in [5.41, 5.74) is 0.939. The van der Waals surface area contributed by atoms with E-state index in [-0.39, 0.29) is 18.4 Å². The highest BCUT2D eigenvalue weighted by Crippen LogP contribution is 2.35. The topological polar surface area (TPSA) is 95.4 Å². The summed E-state index contributed by atoms with van der Waals surface area (Å²) >= 11 is 0. The van der Waals surface area contributed by atoms with Gasteiger partial charge < -0.3 is 19.1 Å². The third-order valence-electron chi connectivity index (χ3n) is 4.72. The smallest absolute Gasteiger partial charge is 0.319 e. The lowest BCUT2D eigenvalue weighted by atomic mass is 10.2. The van der Waals surface area contributed by atoms with Crippen LogP contribution in [0, 0.1) is 6.92 Å². The van der Waals surface area contributed by atoms with Crippen LogP contribution < -0.4 is 19.1 Å². The van der Waals surface area contributed by atoms with E-state index in [0.717, 1.165) is 0 Å². The Kier molecular flexibility index (Phi) is 5.49. The molecule has 0 aliphatic carbocycles. The summed E-state index contributed by atoms with van der Waals surface area (Å²) in [4.78, 5) is 22.3. The number of aromatic nitrogens is 5. The molecule has 0 radical (unpaired) electrons. The number of halogens is 2. The summed E-state index contributed by atoms with van der Waals surface area (Å²) in [6.45, 7) is 1.11. The predicted octanol–water partition coefficient (Wildman–Crippen LogP) is 2.56. The van der Waals surface area contributed by atoms with Crippen LogP contribution in [0.1, 0.15) is 5.82 Å². The molecular weight excluding hydrogens is 410 g/mol. The molecule has 0 spiro atoms. The highest BCUT2D eigenvalue weighted by atomic mass is 19.3. The van der Waals surface area contributed by atoms with Crippen molar-refractivity contribution in [2.24, 2.45) is 0 Å². The molecule has 3 aromatic heterocycles. The lowest BCUT2D eigenvalue weighted by molar-refractivity contribution is -0.0594. The van der Waals surface area contributed by atoms with Crippen LogP contribution in [-0.2, 0) is 0 Å². The van der Waals surface area contributed by atoms with E-state index in [1.54, 1.807) is 25.1 Å². The minimum absolute atomic E-state index is 0.0402. The average molecular weight is 430 g/mol. The average Bonchev–Trinajstić information content (AvgIpc) is 3.07. The van der Waals surface area contributed by atoms with Crippen molar-refractivity contribution >= 4 is 5.82 Å². The Bertz CT molecular complexity index is 1070. The van der Waals surface area contributed by atoms with Gasteiger partial charge in [-0.25, -0.2) is 23.7 Å². The van der Waals surface area contributed by atoms with Crippen LogP contribution in [0.4, 0.5) is 14.6 Å². The van der Waals surface area contributed by atoms with Crippen LogP contribution in [0.5, 0.6) is 17.6 Å². The predicted molar refractivity (Wildman–Crippen MR) is 107 cm³/mol.